The van der Waals surface area contributed by atoms with E-state index in [1.165, 1.54) is 0 Å². The summed E-state index contributed by atoms with van der Waals surface area (Å²) in [5, 5.41) is 0.213. The molecule has 11 heteroatoms. The van der Waals surface area contributed by atoms with Gasteiger partial charge in [0, 0.05) is 18.7 Å². The van der Waals surface area contributed by atoms with Gasteiger partial charge in [0.25, 0.3) is 0 Å². The van der Waals surface area contributed by atoms with E-state index >= 15 is 0 Å². The first kappa shape index (κ1) is 29.5. The molecule has 1 saturated heterocycles. The van der Waals surface area contributed by atoms with Crippen molar-refractivity contribution in [3.63, 3.8) is 0 Å². The summed E-state index contributed by atoms with van der Waals surface area (Å²) in [6, 6.07) is 13.7. The molecule has 3 aromatic carbocycles. The lowest BCUT2D eigenvalue weighted by Crippen LogP contribution is -2.49. The number of halogens is 7. The average molecular weight is 581 g/mol. The Morgan fingerprint density at radius 1 is 0.775 bits per heavy atom. The Kier molecular flexibility index (Phi) is 8.49. The molecule has 0 saturated carbocycles. The highest BCUT2D eigenvalue weighted by Crippen LogP contribution is 2.37. The number of hydrogen-bond donors (Lipinski definition) is 0. The number of para-hydroxylation sites is 2. The number of nitrogens with zero attached hydrogens (tertiary/aromatic N) is 4. The van der Waals surface area contributed by atoms with Crippen LogP contribution in [0, 0.1) is 13.8 Å². The summed E-state index contributed by atoms with van der Waals surface area (Å²) in [7, 11) is 0. The fourth-order valence-corrected chi connectivity index (χ4v) is 4.69. The van der Waals surface area contributed by atoms with Gasteiger partial charge < -0.3 is 9.80 Å². The van der Waals surface area contributed by atoms with Crippen molar-refractivity contribution in [3.8, 4) is 0 Å². The van der Waals surface area contributed by atoms with Crippen molar-refractivity contribution in [2.45, 2.75) is 39.5 Å². The Labute approximate surface area is 233 Å². The van der Waals surface area contributed by atoms with E-state index < -0.39 is 23.5 Å². The summed E-state index contributed by atoms with van der Waals surface area (Å²) in [6.07, 6.45) is -9.41. The lowest BCUT2D eigenvalue weighted by atomic mass is 10.0. The molecule has 1 aliphatic heterocycles. The number of alkyl halides is 6. The van der Waals surface area contributed by atoms with Gasteiger partial charge in [0.2, 0.25) is 0 Å². The maximum Gasteiger partial charge on any atom is 0.416 e. The molecule has 0 spiro atoms. The summed E-state index contributed by atoms with van der Waals surface area (Å²) >= 11 is 6.29. The minimum absolute atomic E-state index is 0.0470. The number of amidine groups is 2. The van der Waals surface area contributed by atoms with Crippen LogP contribution in [0.2, 0.25) is 5.02 Å². The molecule has 40 heavy (non-hydrogen) atoms. The van der Waals surface area contributed by atoms with Crippen LogP contribution in [0.15, 0.2) is 70.6 Å². The van der Waals surface area contributed by atoms with Crippen molar-refractivity contribution >= 4 is 34.6 Å². The Balaban J connectivity index is 1.82. The van der Waals surface area contributed by atoms with Gasteiger partial charge in [-0.2, -0.15) is 26.3 Å². The van der Waals surface area contributed by atoms with Crippen molar-refractivity contribution in [2.75, 3.05) is 19.8 Å². The topological polar surface area (TPSA) is 31.2 Å². The van der Waals surface area contributed by atoms with E-state index in [0.717, 1.165) is 16.8 Å². The van der Waals surface area contributed by atoms with Crippen LogP contribution >= 0.6 is 11.6 Å². The molecule has 0 aromatic heterocycles. The van der Waals surface area contributed by atoms with Crippen LogP contribution in [-0.4, -0.2) is 41.2 Å². The lowest BCUT2D eigenvalue weighted by molar-refractivity contribution is -0.143. The van der Waals surface area contributed by atoms with Crippen molar-refractivity contribution in [2.24, 2.45) is 9.98 Å². The maximum absolute atomic E-state index is 13.7. The van der Waals surface area contributed by atoms with Crippen LogP contribution in [-0.2, 0) is 12.4 Å². The van der Waals surface area contributed by atoms with Gasteiger partial charge in [-0.05, 0) is 68.7 Å². The standard InChI is InChI=1S/C29H27ClF6N4/c1-18-8-6-9-19(2)26(18)37-20(3)39-12-7-13-40(17-39)27(38-25-11-5-4-10-24(25)30)21-14-22(28(31,32)33)16-23(15-21)29(34,35)36/h4-6,8-11,14-16H,7,12-13,17H2,1-3H3/b37-20+,38-27+. The van der Waals surface area contributed by atoms with E-state index in [-0.39, 0.29) is 34.8 Å². The van der Waals surface area contributed by atoms with E-state index in [9.17, 15) is 26.3 Å². The van der Waals surface area contributed by atoms with E-state index in [4.69, 9.17) is 16.6 Å². The summed E-state index contributed by atoms with van der Waals surface area (Å²) in [4.78, 5) is 12.9. The normalized spacial score (nSPS) is 15.6. The Hall–Kier alpha value is -3.53. The van der Waals surface area contributed by atoms with E-state index in [1.54, 1.807) is 29.2 Å². The molecular formula is C29H27ClF6N4. The molecule has 0 atom stereocenters. The van der Waals surface area contributed by atoms with Gasteiger partial charge in [-0.25, -0.2) is 9.98 Å². The van der Waals surface area contributed by atoms with Crippen LogP contribution in [0.1, 0.15) is 41.2 Å². The first-order valence-electron chi connectivity index (χ1n) is 12.5. The summed E-state index contributed by atoms with van der Waals surface area (Å²) in [5.74, 6) is 0.619. The first-order chi connectivity index (χ1) is 18.7. The third-order valence-electron chi connectivity index (χ3n) is 6.59. The summed E-state index contributed by atoms with van der Waals surface area (Å²) in [5.41, 5.74) is -0.126. The van der Waals surface area contributed by atoms with Crippen molar-refractivity contribution in [1.82, 2.24) is 9.80 Å². The number of rotatable bonds is 3. The number of benzene rings is 3. The molecule has 0 aliphatic carbocycles. The van der Waals surface area contributed by atoms with Gasteiger partial charge >= 0.3 is 12.4 Å². The molecule has 0 N–H and O–H groups in total. The molecule has 4 rings (SSSR count). The van der Waals surface area contributed by atoms with Crippen LogP contribution in [0.3, 0.4) is 0 Å². The first-order valence-corrected chi connectivity index (χ1v) is 12.9. The van der Waals surface area contributed by atoms with Gasteiger partial charge in [-0.15, -0.1) is 0 Å². The van der Waals surface area contributed by atoms with Crippen molar-refractivity contribution in [3.05, 3.63) is 93.5 Å². The quantitative estimate of drug-likeness (QED) is 0.176. The molecule has 1 aliphatic rings. The fraction of sp³-hybridized carbons (Fsp3) is 0.310. The summed E-state index contributed by atoms with van der Waals surface area (Å²) in [6.45, 7) is 6.83. The van der Waals surface area contributed by atoms with E-state index in [2.05, 4.69) is 4.99 Å². The third-order valence-corrected chi connectivity index (χ3v) is 6.91. The van der Waals surface area contributed by atoms with Gasteiger partial charge in [-0.3, -0.25) is 0 Å². The third kappa shape index (κ3) is 6.78. The van der Waals surface area contributed by atoms with Crippen molar-refractivity contribution < 1.29 is 26.3 Å². The molecule has 4 nitrogen and oxygen atoms in total. The smallest absolute Gasteiger partial charge is 0.342 e. The zero-order chi connectivity index (χ0) is 29.2. The second-order valence-electron chi connectivity index (χ2n) is 9.60. The molecule has 0 unspecified atom stereocenters. The van der Waals surface area contributed by atoms with Gasteiger partial charge in [0.15, 0.2) is 0 Å². The number of aliphatic imine (C=N–C) groups is 2. The van der Waals surface area contributed by atoms with E-state index in [1.807, 2.05) is 43.9 Å². The van der Waals surface area contributed by atoms with Gasteiger partial charge in [0.1, 0.15) is 11.7 Å². The Morgan fingerprint density at radius 3 is 1.93 bits per heavy atom. The van der Waals surface area contributed by atoms with Crippen LogP contribution < -0.4 is 0 Å². The monoisotopic (exact) mass is 580 g/mol. The zero-order valence-electron chi connectivity index (χ0n) is 22.0. The lowest BCUT2D eigenvalue weighted by Gasteiger charge is -2.38. The molecule has 0 radical (unpaired) electrons. The van der Waals surface area contributed by atoms with Crippen LogP contribution in [0.25, 0.3) is 0 Å². The average Bonchev–Trinajstić information content (AvgIpc) is 2.89. The number of aryl methyl sites for hydroxylation is 2. The second-order valence-corrected chi connectivity index (χ2v) is 10.0. The zero-order valence-corrected chi connectivity index (χ0v) is 22.8. The van der Waals surface area contributed by atoms with Gasteiger partial charge in [0.05, 0.1) is 34.2 Å². The van der Waals surface area contributed by atoms with Crippen LogP contribution in [0.5, 0.6) is 0 Å². The highest BCUT2D eigenvalue weighted by atomic mass is 35.5. The SMILES string of the molecule is C/C(=N\c1c(C)cccc1C)N1CCCN(/C(=N/c2ccccc2Cl)c2cc(C(F)(F)F)cc(C(F)(F)F)c2)C1. The van der Waals surface area contributed by atoms with Crippen molar-refractivity contribution in [1.29, 1.82) is 0 Å². The minimum atomic E-state index is -4.99. The molecule has 3 aromatic rings. The van der Waals surface area contributed by atoms with Gasteiger partial charge in [-0.1, -0.05) is 41.9 Å². The molecule has 0 amide bonds. The highest BCUT2D eigenvalue weighted by molar-refractivity contribution is 6.33. The summed E-state index contributed by atoms with van der Waals surface area (Å²) < 4.78 is 82.2. The predicted molar refractivity (Wildman–Crippen MR) is 146 cm³/mol. The second kappa shape index (κ2) is 11.5. The minimum Gasteiger partial charge on any atom is -0.342 e. The predicted octanol–water partition coefficient (Wildman–Crippen LogP) is 8.79. The molecule has 212 valence electrons. The Bertz CT molecular complexity index is 1390. The Morgan fingerprint density at radius 2 is 1.35 bits per heavy atom. The maximum atomic E-state index is 13.7. The number of hydrogen-bond acceptors (Lipinski definition) is 2. The molecule has 0 bridgehead atoms. The molecular weight excluding hydrogens is 554 g/mol. The molecule has 1 fully saturated rings. The molecule has 1 heterocycles. The van der Waals surface area contributed by atoms with Crippen LogP contribution in [0.4, 0.5) is 37.7 Å². The fourth-order valence-electron chi connectivity index (χ4n) is 4.51. The highest BCUT2D eigenvalue weighted by Gasteiger charge is 2.38. The van der Waals surface area contributed by atoms with E-state index in [0.29, 0.717) is 37.5 Å². The largest absolute Gasteiger partial charge is 0.416 e.